The number of carbonyl (C=O) groups is 3. The van der Waals surface area contributed by atoms with E-state index in [0.29, 0.717) is 32.6 Å². The number of hydrogen-bond donors (Lipinski definition) is 1. The van der Waals surface area contributed by atoms with Crippen LogP contribution in [0.15, 0.2) is 30.3 Å². The lowest BCUT2D eigenvalue weighted by Crippen LogP contribution is -2.58. The van der Waals surface area contributed by atoms with Crippen molar-refractivity contribution in [2.24, 2.45) is 5.92 Å². The maximum absolute atomic E-state index is 13.9. The Hall–Kier alpha value is -2.57. The van der Waals surface area contributed by atoms with Crippen LogP contribution in [0.1, 0.15) is 84.5 Å². The highest BCUT2D eigenvalue weighted by Gasteiger charge is 2.54. The summed E-state index contributed by atoms with van der Waals surface area (Å²) in [4.78, 5) is 45.9. The smallest absolute Gasteiger partial charge is 0.250 e. The lowest BCUT2D eigenvalue weighted by molar-refractivity contribution is -0.142. The molecule has 3 amide bonds. The average molecular weight is 497 g/mol. The molecule has 0 radical (unpaired) electrons. The summed E-state index contributed by atoms with van der Waals surface area (Å²) in [5.74, 6) is 0.273. The van der Waals surface area contributed by atoms with E-state index in [2.05, 4.69) is 24.1 Å². The molecule has 1 aromatic carbocycles. The molecule has 2 heterocycles. The first kappa shape index (κ1) is 26.5. The second-order valence-electron chi connectivity index (χ2n) is 10.9. The van der Waals surface area contributed by atoms with Crippen molar-refractivity contribution in [1.82, 2.24) is 15.1 Å². The van der Waals surface area contributed by atoms with E-state index in [1.165, 1.54) is 6.42 Å². The molecule has 1 atom stereocenters. The van der Waals surface area contributed by atoms with Gasteiger partial charge in [0.1, 0.15) is 12.1 Å². The zero-order chi connectivity index (χ0) is 25.5. The first-order chi connectivity index (χ1) is 17.5. The van der Waals surface area contributed by atoms with Crippen LogP contribution in [0.3, 0.4) is 0 Å². The molecule has 1 N–H and O–H groups in total. The fourth-order valence-corrected chi connectivity index (χ4v) is 6.32. The molecule has 1 unspecified atom stereocenters. The number of nitrogens with zero attached hydrogens (tertiary/aromatic N) is 3. The van der Waals surface area contributed by atoms with Gasteiger partial charge in [0.05, 0.1) is 6.67 Å². The molecule has 1 aliphatic carbocycles. The monoisotopic (exact) mass is 496 g/mol. The summed E-state index contributed by atoms with van der Waals surface area (Å²) in [5, 5.41) is 3.17. The fraction of sp³-hybridized carbons (Fsp3) is 0.690. The van der Waals surface area contributed by atoms with Crippen molar-refractivity contribution in [3.8, 4) is 0 Å². The van der Waals surface area contributed by atoms with Crippen LogP contribution in [-0.4, -0.2) is 65.4 Å². The number of hydrogen-bond acceptors (Lipinski definition) is 4. The summed E-state index contributed by atoms with van der Waals surface area (Å²) in [7, 11) is 0. The minimum atomic E-state index is -0.700. The van der Waals surface area contributed by atoms with E-state index in [0.717, 1.165) is 57.1 Å². The number of likely N-dealkylation sites (tertiary alicyclic amines) is 1. The van der Waals surface area contributed by atoms with Crippen LogP contribution >= 0.6 is 0 Å². The van der Waals surface area contributed by atoms with Gasteiger partial charge in [-0.3, -0.25) is 14.4 Å². The molecule has 36 heavy (non-hydrogen) atoms. The predicted octanol–water partition coefficient (Wildman–Crippen LogP) is 4.32. The Labute approximate surface area is 216 Å². The number of anilines is 1. The molecule has 3 fully saturated rings. The van der Waals surface area contributed by atoms with Crippen molar-refractivity contribution in [3.63, 3.8) is 0 Å². The maximum atomic E-state index is 13.9. The first-order valence-corrected chi connectivity index (χ1v) is 14.2. The number of benzene rings is 1. The molecule has 1 saturated carbocycles. The summed E-state index contributed by atoms with van der Waals surface area (Å²) in [6.45, 7) is 5.92. The zero-order valence-corrected chi connectivity index (χ0v) is 22.2. The lowest BCUT2D eigenvalue weighted by Gasteiger charge is -2.44. The molecule has 0 aromatic heterocycles. The fourth-order valence-electron chi connectivity index (χ4n) is 6.32. The molecular weight excluding hydrogens is 452 g/mol. The predicted molar refractivity (Wildman–Crippen MR) is 142 cm³/mol. The van der Waals surface area contributed by atoms with E-state index < -0.39 is 5.54 Å². The minimum absolute atomic E-state index is 0.0234. The Balaban J connectivity index is 1.46. The molecule has 3 aliphatic rings. The van der Waals surface area contributed by atoms with Gasteiger partial charge in [-0.25, -0.2) is 0 Å². The Bertz CT molecular complexity index is 891. The summed E-state index contributed by atoms with van der Waals surface area (Å²) in [6.07, 6.45) is 10.8. The van der Waals surface area contributed by atoms with E-state index in [-0.39, 0.29) is 36.2 Å². The minimum Gasteiger partial charge on any atom is -0.352 e. The van der Waals surface area contributed by atoms with Crippen LogP contribution in [0.5, 0.6) is 0 Å². The molecule has 2 saturated heterocycles. The van der Waals surface area contributed by atoms with Crippen LogP contribution in [0, 0.1) is 5.92 Å². The Morgan fingerprint density at radius 3 is 2.39 bits per heavy atom. The summed E-state index contributed by atoms with van der Waals surface area (Å²) in [5.41, 5.74) is 0.296. The van der Waals surface area contributed by atoms with Gasteiger partial charge in [0.15, 0.2) is 0 Å². The number of amides is 3. The molecule has 7 heteroatoms. The van der Waals surface area contributed by atoms with E-state index in [4.69, 9.17) is 0 Å². The SMILES string of the molecule is CCCCC(CC)C(=O)N1CCC2(CC1)C(=O)N(CC(=O)NC1CCCCC1)CN2c1ccccc1. The Kier molecular flexibility index (Phi) is 8.91. The second kappa shape index (κ2) is 12.1. The molecule has 1 spiro atoms. The number of para-hydroxylation sites is 1. The van der Waals surface area contributed by atoms with Gasteiger partial charge >= 0.3 is 0 Å². The highest BCUT2D eigenvalue weighted by atomic mass is 16.2. The first-order valence-electron chi connectivity index (χ1n) is 14.2. The third-order valence-electron chi connectivity index (χ3n) is 8.54. The van der Waals surface area contributed by atoms with Crippen molar-refractivity contribution in [3.05, 3.63) is 30.3 Å². The lowest BCUT2D eigenvalue weighted by atomic mass is 9.84. The number of piperidine rings is 1. The number of rotatable bonds is 9. The highest BCUT2D eigenvalue weighted by Crippen LogP contribution is 2.40. The third-order valence-corrected chi connectivity index (χ3v) is 8.54. The van der Waals surface area contributed by atoms with Crippen molar-refractivity contribution < 1.29 is 14.4 Å². The maximum Gasteiger partial charge on any atom is 0.250 e. The van der Waals surface area contributed by atoms with Gasteiger partial charge in [0, 0.05) is 30.7 Å². The normalized spacial score (nSPS) is 21.2. The van der Waals surface area contributed by atoms with Gasteiger partial charge in [-0.1, -0.05) is 64.2 Å². The zero-order valence-electron chi connectivity index (χ0n) is 22.2. The molecule has 2 aliphatic heterocycles. The van der Waals surface area contributed by atoms with Crippen LogP contribution in [0.2, 0.25) is 0 Å². The summed E-state index contributed by atoms with van der Waals surface area (Å²) >= 11 is 0. The molecule has 198 valence electrons. The van der Waals surface area contributed by atoms with Gasteiger partial charge in [0.2, 0.25) is 11.8 Å². The number of carbonyl (C=O) groups excluding carboxylic acids is 3. The Morgan fingerprint density at radius 1 is 1.06 bits per heavy atom. The van der Waals surface area contributed by atoms with Crippen LogP contribution in [-0.2, 0) is 14.4 Å². The number of nitrogens with one attached hydrogen (secondary N) is 1. The van der Waals surface area contributed by atoms with Gasteiger partial charge in [-0.05, 0) is 50.7 Å². The molecule has 0 bridgehead atoms. The molecule has 4 rings (SSSR count). The van der Waals surface area contributed by atoms with Crippen molar-refractivity contribution in [1.29, 1.82) is 0 Å². The van der Waals surface area contributed by atoms with Gasteiger partial charge in [-0.2, -0.15) is 0 Å². The summed E-state index contributed by atoms with van der Waals surface area (Å²) in [6, 6.07) is 10.3. The van der Waals surface area contributed by atoms with E-state index >= 15 is 0 Å². The topological polar surface area (TPSA) is 73.0 Å². The summed E-state index contributed by atoms with van der Waals surface area (Å²) < 4.78 is 0. The van der Waals surface area contributed by atoms with Crippen molar-refractivity contribution >= 4 is 23.4 Å². The molecule has 1 aromatic rings. The van der Waals surface area contributed by atoms with Crippen LogP contribution < -0.4 is 10.2 Å². The van der Waals surface area contributed by atoms with Gasteiger partial charge in [0.25, 0.3) is 5.91 Å². The second-order valence-corrected chi connectivity index (χ2v) is 10.9. The van der Waals surface area contributed by atoms with Crippen molar-refractivity contribution in [2.45, 2.75) is 96.1 Å². The molecular formula is C29H44N4O3. The standard InChI is InChI=1S/C29H44N4O3/c1-3-5-12-23(4-2)27(35)31-19-17-29(18-20-31)28(36)32(22-33(29)25-15-10-7-11-16-25)21-26(34)30-24-13-8-6-9-14-24/h7,10-11,15-16,23-24H,3-6,8-9,12-14,17-22H2,1-2H3,(H,30,34). The van der Waals surface area contributed by atoms with Gasteiger partial charge < -0.3 is 20.0 Å². The quantitative estimate of drug-likeness (QED) is 0.553. The van der Waals surface area contributed by atoms with E-state index in [9.17, 15) is 14.4 Å². The largest absolute Gasteiger partial charge is 0.352 e. The Morgan fingerprint density at radius 2 is 1.75 bits per heavy atom. The third kappa shape index (κ3) is 5.70. The average Bonchev–Trinajstić information content (AvgIpc) is 3.16. The van der Waals surface area contributed by atoms with E-state index in [1.807, 2.05) is 35.2 Å². The van der Waals surface area contributed by atoms with E-state index in [1.54, 1.807) is 4.90 Å². The van der Waals surface area contributed by atoms with Crippen LogP contribution in [0.4, 0.5) is 5.69 Å². The van der Waals surface area contributed by atoms with Crippen molar-refractivity contribution in [2.75, 3.05) is 31.2 Å². The highest BCUT2D eigenvalue weighted by molar-refractivity contribution is 5.96. The number of unbranched alkanes of at least 4 members (excludes halogenated alkanes) is 1. The van der Waals surface area contributed by atoms with Crippen LogP contribution in [0.25, 0.3) is 0 Å². The molecule has 7 nitrogen and oxygen atoms in total. The van der Waals surface area contributed by atoms with Gasteiger partial charge in [-0.15, -0.1) is 0 Å².